The largest absolute Gasteiger partial charge is 0.325 e. The van der Waals surface area contributed by atoms with E-state index >= 15 is 0 Å². The molecule has 1 rings (SSSR count). The topological polar surface area (TPSA) is 32.3 Å². The van der Waals surface area contributed by atoms with Gasteiger partial charge in [-0.2, -0.15) is 11.8 Å². The summed E-state index contributed by atoms with van der Waals surface area (Å²) in [5.41, 5.74) is 0. The molecule has 1 aliphatic heterocycles. The predicted molar refractivity (Wildman–Crippen MR) is 70.6 cm³/mol. The molecule has 2 atom stereocenters. The normalized spacial score (nSPS) is 25.8. The summed E-state index contributed by atoms with van der Waals surface area (Å²) in [6, 6.07) is 0.0469. The van der Waals surface area contributed by atoms with E-state index in [0.717, 1.165) is 25.1 Å². The van der Waals surface area contributed by atoms with Gasteiger partial charge in [-0.1, -0.05) is 20.8 Å². The molecule has 0 aromatic rings. The van der Waals surface area contributed by atoms with Crippen LogP contribution in [0.2, 0.25) is 0 Å². The van der Waals surface area contributed by atoms with E-state index < -0.39 is 0 Å². The average Bonchev–Trinajstić information content (AvgIpc) is 2.52. The summed E-state index contributed by atoms with van der Waals surface area (Å²) in [6.45, 7) is 7.36. The molecule has 94 valence electrons. The van der Waals surface area contributed by atoms with Gasteiger partial charge in [-0.05, 0) is 25.0 Å². The van der Waals surface area contributed by atoms with E-state index in [1.54, 1.807) is 11.8 Å². The minimum atomic E-state index is 0.0469. The van der Waals surface area contributed by atoms with Crippen molar-refractivity contribution in [1.29, 1.82) is 0 Å². The van der Waals surface area contributed by atoms with Gasteiger partial charge in [0.25, 0.3) is 0 Å². The van der Waals surface area contributed by atoms with Gasteiger partial charge in [0.1, 0.15) is 0 Å². The summed E-state index contributed by atoms with van der Waals surface area (Å²) >= 11 is 1.80. The van der Waals surface area contributed by atoms with Crippen molar-refractivity contribution in [1.82, 2.24) is 10.2 Å². The number of hydrogen-bond acceptors (Lipinski definition) is 3. The van der Waals surface area contributed by atoms with Crippen molar-refractivity contribution in [2.45, 2.75) is 45.8 Å². The van der Waals surface area contributed by atoms with Crippen LogP contribution in [0.4, 0.5) is 0 Å². The SMILES string of the molecule is CCC1NC(CC(C)C)N(CCSC)C1=O. The second kappa shape index (κ2) is 6.50. The zero-order valence-corrected chi connectivity index (χ0v) is 11.6. The molecule has 2 unspecified atom stereocenters. The van der Waals surface area contributed by atoms with Crippen molar-refractivity contribution in [3.8, 4) is 0 Å². The number of amides is 1. The summed E-state index contributed by atoms with van der Waals surface area (Å²) in [5, 5.41) is 3.45. The number of rotatable bonds is 6. The Labute approximate surface area is 103 Å². The van der Waals surface area contributed by atoms with E-state index in [-0.39, 0.29) is 12.2 Å². The number of nitrogens with zero attached hydrogens (tertiary/aromatic N) is 1. The Morgan fingerprint density at radius 1 is 1.50 bits per heavy atom. The number of nitrogens with one attached hydrogen (secondary N) is 1. The van der Waals surface area contributed by atoms with Gasteiger partial charge in [0.05, 0.1) is 12.2 Å². The Morgan fingerprint density at radius 3 is 2.69 bits per heavy atom. The van der Waals surface area contributed by atoms with Crippen LogP contribution in [0, 0.1) is 5.92 Å². The first kappa shape index (κ1) is 13.8. The molecule has 1 N–H and O–H groups in total. The number of carbonyl (C=O) groups is 1. The highest BCUT2D eigenvalue weighted by Gasteiger charge is 2.37. The van der Waals surface area contributed by atoms with Crippen LogP contribution in [0.25, 0.3) is 0 Å². The zero-order valence-electron chi connectivity index (χ0n) is 10.8. The maximum absolute atomic E-state index is 12.1. The quantitative estimate of drug-likeness (QED) is 0.775. The Hall–Kier alpha value is -0.220. The maximum Gasteiger partial charge on any atom is 0.241 e. The second-order valence-electron chi connectivity index (χ2n) is 4.80. The van der Waals surface area contributed by atoms with Crippen LogP contribution in [0.1, 0.15) is 33.6 Å². The molecule has 0 aromatic carbocycles. The van der Waals surface area contributed by atoms with Crippen molar-refractivity contribution in [2.24, 2.45) is 5.92 Å². The van der Waals surface area contributed by atoms with Gasteiger partial charge in [-0.3, -0.25) is 10.1 Å². The first-order valence-corrected chi connectivity index (χ1v) is 7.55. The van der Waals surface area contributed by atoms with E-state index in [9.17, 15) is 4.79 Å². The van der Waals surface area contributed by atoms with Crippen LogP contribution in [-0.4, -0.2) is 41.6 Å². The van der Waals surface area contributed by atoms with Crippen LogP contribution in [0.15, 0.2) is 0 Å². The first-order chi connectivity index (χ1) is 7.60. The van der Waals surface area contributed by atoms with Gasteiger partial charge >= 0.3 is 0 Å². The van der Waals surface area contributed by atoms with Gasteiger partial charge in [0, 0.05) is 12.3 Å². The fraction of sp³-hybridized carbons (Fsp3) is 0.917. The number of hydrogen-bond donors (Lipinski definition) is 1. The monoisotopic (exact) mass is 244 g/mol. The van der Waals surface area contributed by atoms with Crippen molar-refractivity contribution < 1.29 is 4.79 Å². The Balaban J connectivity index is 2.61. The summed E-state index contributed by atoms with van der Waals surface area (Å²) in [6.07, 6.45) is 4.28. The third-order valence-corrected chi connectivity index (χ3v) is 3.58. The average molecular weight is 244 g/mol. The molecule has 0 spiro atoms. The molecule has 1 heterocycles. The maximum atomic E-state index is 12.1. The number of carbonyl (C=O) groups excluding carboxylic acids is 1. The van der Waals surface area contributed by atoms with Crippen LogP contribution in [0.3, 0.4) is 0 Å². The third kappa shape index (κ3) is 3.39. The molecule has 0 bridgehead atoms. The highest BCUT2D eigenvalue weighted by Crippen LogP contribution is 2.19. The van der Waals surface area contributed by atoms with Crippen molar-refractivity contribution in [3.63, 3.8) is 0 Å². The smallest absolute Gasteiger partial charge is 0.241 e. The number of thioether (sulfide) groups is 1. The van der Waals surface area contributed by atoms with E-state index in [0.29, 0.717) is 11.8 Å². The lowest BCUT2D eigenvalue weighted by Gasteiger charge is -2.25. The first-order valence-electron chi connectivity index (χ1n) is 6.15. The van der Waals surface area contributed by atoms with Crippen LogP contribution in [-0.2, 0) is 4.79 Å². The van der Waals surface area contributed by atoms with E-state index in [1.807, 2.05) is 4.90 Å². The molecule has 0 aliphatic carbocycles. The van der Waals surface area contributed by atoms with E-state index in [4.69, 9.17) is 0 Å². The van der Waals surface area contributed by atoms with E-state index in [2.05, 4.69) is 32.3 Å². The molecular weight excluding hydrogens is 220 g/mol. The lowest BCUT2D eigenvalue weighted by atomic mass is 10.1. The molecule has 16 heavy (non-hydrogen) atoms. The lowest BCUT2D eigenvalue weighted by molar-refractivity contribution is -0.129. The molecule has 1 amide bonds. The van der Waals surface area contributed by atoms with Gasteiger partial charge in [0.15, 0.2) is 0 Å². The zero-order chi connectivity index (χ0) is 12.1. The Morgan fingerprint density at radius 2 is 2.19 bits per heavy atom. The summed E-state index contributed by atoms with van der Waals surface area (Å²) in [4.78, 5) is 14.1. The molecule has 0 radical (unpaired) electrons. The van der Waals surface area contributed by atoms with Crippen LogP contribution < -0.4 is 5.32 Å². The Bertz CT molecular complexity index is 233. The van der Waals surface area contributed by atoms with Crippen molar-refractivity contribution >= 4 is 17.7 Å². The van der Waals surface area contributed by atoms with Crippen LogP contribution >= 0.6 is 11.8 Å². The second-order valence-corrected chi connectivity index (χ2v) is 5.78. The molecule has 4 heteroatoms. The molecular formula is C12H24N2OS. The molecule has 1 fully saturated rings. The molecule has 1 aliphatic rings. The molecule has 0 saturated carbocycles. The summed E-state index contributed by atoms with van der Waals surface area (Å²) in [7, 11) is 0. The standard InChI is InChI=1S/C12H24N2OS/c1-5-10-12(15)14(6-7-16-4)11(13-10)8-9(2)3/h9-11,13H,5-8H2,1-4H3. The Kier molecular flexibility index (Phi) is 5.62. The predicted octanol–water partition coefficient (Wildman–Crippen LogP) is 1.93. The van der Waals surface area contributed by atoms with Gasteiger partial charge < -0.3 is 4.90 Å². The van der Waals surface area contributed by atoms with Gasteiger partial charge in [-0.15, -0.1) is 0 Å². The highest BCUT2D eigenvalue weighted by atomic mass is 32.2. The minimum Gasteiger partial charge on any atom is -0.325 e. The van der Waals surface area contributed by atoms with Crippen LogP contribution in [0.5, 0.6) is 0 Å². The molecule has 0 aromatic heterocycles. The van der Waals surface area contributed by atoms with Gasteiger partial charge in [0.2, 0.25) is 5.91 Å². The lowest BCUT2D eigenvalue weighted by Crippen LogP contribution is -2.39. The fourth-order valence-electron chi connectivity index (χ4n) is 2.14. The summed E-state index contributed by atoms with van der Waals surface area (Å²) in [5.74, 6) is 1.94. The minimum absolute atomic E-state index is 0.0469. The molecule has 1 saturated heterocycles. The summed E-state index contributed by atoms with van der Waals surface area (Å²) < 4.78 is 0. The third-order valence-electron chi connectivity index (χ3n) is 2.99. The van der Waals surface area contributed by atoms with Crippen molar-refractivity contribution in [2.75, 3.05) is 18.6 Å². The highest BCUT2D eigenvalue weighted by molar-refractivity contribution is 7.98. The fourth-order valence-corrected chi connectivity index (χ4v) is 2.52. The van der Waals surface area contributed by atoms with Gasteiger partial charge in [-0.25, -0.2) is 0 Å². The van der Waals surface area contributed by atoms with E-state index in [1.165, 1.54) is 0 Å². The molecule has 3 nitrogen and oxygen atoms in total. The van der Waals surface area contributed by atoms with Crippen molar-refractivity contribution in [3.05, 3.63) is 0 Å².